The molecule has 1 heterocycles. The Morgan fingerprint density at radius 1 is 1.44 bits per heavy atom. The van der Waals surface area contributed by atoms with Gasteiger partial charge in [-0.1, -0.05) is 19.8 Å². The molecule has 1 fully saturated rings. The van der Waals surface area contributed by atoms with Crippen molar-refractivity contribution in [1.82, 2.24) is 0 Å². The lowest BCUT2D eigenvalue weighted by molar-refractivity contribution is 0.0796. The second-order valence-electron chi connectivity index (χ2n) is 4.40. The SMILES string of the molecule is CCC1(C(=O)c2cc(Br)c(Br)s2)CCCC1. The maximum Gasteiger partial charge on any atom is 0.178 e. The zero-order valence-electron chi connectivity index (χ0n) is 9.19. The summed E-state index contributed by atoms with van der Waals surface area (Å²) in [4.78, 5) is 13.4. The first-order chi connectivity index (χ1) is 7.59. The zero-order valence-corrected chi connectivity index (χ0v) is 13.2. The molecule has 4 heteroatoms. The number of thiophene rings is 1. The number of hydrogen-bond donors (Lipinski definition) is 0. The van der Waals surface area contributed by atoms with Crippen LogP contribution in [0.2, 0.25) is 0 Å². The van der Waals surface area contributed by atoms with Gasteiger partial charge in [0.2, 0.25) is 0 Å². The lowest BCUT2D eigenvalue weighted by Crippen LogP contribution is -2.26. The van der Waals surface area contributed by atoms with Crippen molar-refractivity contribution in [2.45, 2.75) is 39.0 Å². The van der Waals surface area contributed by atoms with Crippen molar-refractivity contribution in [3.63, 3.8) is 0 Å². The zero-order chi connectivity index (χ0) is 11.8. The fourth-order valence-electron chi connectivity index (χ4n) is 2.51. The summed E-state index contributed by atoms with van der Waals surface area (Å²) in [5.74, 6) is 0.351. The molecule has 88 valence electrons. The standard InChI is InChI=1S/C12H14Br2OS/c1-2-12(5-3-4-6-12)10(15)9-7-8(13)11(14)16-9/h7H,2-6H2,1H3. The van der Waals surface area contributed by atoms with Gasteiger partial charge in [0.1, 0.15) is 0 Å². The maximum absolute atomic E-state index is 12.5. The highest BCUT2D eigenvalue weighted by Gasteiger charge is 2.40. The van der Waals surface area contributed by atoms with Crippen LogP contribution in [0.4, 0.5) is 0 Å². The van der Waals surface area contributed by atoms with Crippen LogP contribution in [0, 0.1) is 5.41 Å². The van der Waals surface area contributed by atoms with E-state index in [9.17, 15) is 4.79 Å². The Kier molecular flexibility index (Phi) is 3.92. The summed E-state index contributed by atoms with van der Waals surface area (Å²) in [6.07, 6.45) is 5.50. The van der Waals surface area contributed by atoms with Crippen molar-refractivity contribution in [3.8, 4) is 0 Å². The van der Waals surface area contributed by atoms with E-state index in [1.807, 2.05) is 6.07 Å². The van der Waals surface area contributed by atoms with Crippen LogP contribution in [-0.4, -0.2) is 5.78 Å². The van der Waals surface area contributed by atoms with E-state index in [1.165, 1.54) is 12.8 Å². The molecule has 0 bridgehead atoms. The van der Waals surface area contributed by atoms with Crippen LogP contribution in [0.3, 0.4) is 0 Å². The quantitative estimate of drug-likeness (QED) is 0.653. The Morgan fingerprint density at radius 3 is 2.50 bits per heavy atom. The molecule has 0 aliphatic heterocycles. The number of Topliss-reactive ketones (excluding diaryl/α,β-unsaturated/α-hetero) is 1. The van der Waals surface area contributed by atoms with Gasteiger partial charge >= 0.3 is 0 Å². The smallest absolute Gasteiger partial charge is 0.178 e. The molecule has 0 amide bonds. The summed E-state index contributed by atoms with van der Waals surface area (Å²) in [5.41, 5.74) is -0.0657. The highest BCUT2D eigenvalue weighted by Crippen LogP contribution is 2.45. The molecular formula is C12H14Br2OS. The molecule has 1 aliphatic rings. The second kappa shape index (κ2) is 4.91. The van der Waals surface area contributed by atoms with Crippen LogP contribution in [0.15, 0.2) is 14.3 Å². The van der Waals surface area contributed by atoms with Gasteiger partial charge in [-0.05, 0) is 57.2 Å². The number of rotatable bonds is 3. The van der Waals surface area contributed by atoms with Crippen molar-refractivity contribution in [2.75, 3.05) is 0 Å². The monoisotopic (exact) mass is 364 g/mol. The average molecular weight is 366 g/mol. The van der Waals surface area contributed by atoms with E-state index in [-0.39, 0.29) is 5.41 Å². The Labute approximate surface area is 117 Å². The second-order valence-corrected chi connectivity index (χ2v) is 7.63. The van der Waals surface area contributed by atoms with Crippen molar-refractivity contribution in [1.29, 1.82) is 0 Å². The molecule has 1 aromatic rings. The van der Waals surface area contributed by atoms with E-state index in [4.69, 9.17) is 0 Å². The average Bonchev–Trinajstić information content (AvgIpc) is 2.87. The third-order valence-corrected chi connectivity index (χ3v) is 6.84. The van der Waals surface area contributed by atoms with Crippen LogP contribution in [0.1, 0.15) is 48.7 Å². The van der Waals surface area contributed by atoms with Gasteiger partial charge in [0.05, 0.1) is 8.66 Å². The van der Waals surface area contributed by atoms with Crippen LogP contribution in [-0.2, 0) is 0 Å². The van der Waals surface area contributed by atoms with Gasteiger partial charge in [-0.2, -0.15) is 0 Å². The van der Waals surface area contributed by atoms with E-state index >= 15 is 0 Å². The van der Waals surface area contributed by atoms with Gasteiger partial charge in [-0.15, -0.1) is 11.3 Å². The fraction of sp³-hybridized carbons (Fsp3) is 0.583. The van der Waals surface area contributed by atoms with Crippen LogP contribution < -0.4 is 0 Å². The van der Waals surface area contributed by atoms with E-state index in [0.29, 0.717) is 5.78 Å². The van der Waals surface area contributed by atoms with Crippen molar-refractivity contribution in [2.24, 2.45) is 5.41 Å². The lowest BCUT2D eigenvalue weighted by Gasteiger charge is -2.24. The molecule has 0 spiro atoms. The topological polar surface area (TPSA) is 17.1 Å². The maximum atomic E-state index is 12.5. The number of carbonyl (C=O) groups excluding carboxylic acids is 1. The minimum Gasteiger partial charge on any atom is -0.293 e. The summed E-state index contributed by atoms with van der Waals surface area (Å²) in [6, 6.07) is 1.95. The molecule has 0 atom stereocenters. The Balaban J connectivity index is 2.30. The van der Waals surface area contributed by atoms with Gasteiger partial charge < -0.3 is 0 Å². The van der Waals surface area contributed by atoms with Gasteiger partial charge in [-0.25, -0.2) is 0 Å². The van der Waals surface area contributed by atoms with Crippen molar-refractivity contribution in [3.05, 3.63) is 19.2 Å². The van der Waals surface area contributed by atoms with Crippen LogP contribution in [0.5, 0.6) is 0 Å². The molecule has 1 saturated carbocycles. The predicted octanol–water partition coefficient (Wildman–Crippen LogP) is 5.43. The molecule has 0 N–H and O–H groups in total. The number of hydrogen-bond acceptors (Lipinski definition) is 2. The first-order valence-corrected chi connectivity index (χ1v) is 7.99. The fourth-order valence-corrected chi connectivity index (χ4v) is 4.61. The largest absolute Gasteiger partial charge is 0.293 e. The molecule has 0 radical (unpaired) electrons. The minimum absolute atomic E-state index is 0.0657. The Hall–Kier alpha value is 0.330. The summed E-state index contributed by atoms with van der Waals surface area (Å²) in [5, 5.41) is 0. The molecule has 1 aromatic heterocycles. The molecule has 0 saturated heterocycles. The van der Waals surface area contributed by atoms with Gasteiger partial charge in [0, 0.05) is 9.89 Å². The first kappa shape index (κ1) is 12.8. The van der Waals surface area contributed by atoms with Crippen molar-refractivity contribution >= 4 is 49.0 Å². The summed E-state index contributed by atoms with van der Waals surface area (Å²) >= 11 is 8.44. The molecule has 16 heavy (non-hydrogen) atoms. The molecule has 0 aromatic carbocycles. The Bertz CT molecular complexity index is 386. The molecule has 2 rings (SSSR count). The lowest BCUT2D eigenvalue weighted by atomic mass is 9.78. The predicted molar refractivity (Wildman–Crippen MR) is 75.2 cm³/mol. The molecule has 0 unspecified atom stereocenters. The van der Waals surface area contributed by atoms with Crippen LogP contribution in [0.25, 0.3) is 0 Å². The van der Waals surface area contributed by atoms with E-state index in [0.717, 1.165) is 32.4 Å². The van der Waals surface area contributed by atoms with Gasteiger partial charge in [0.25, 0.3) is 0 Å². The van der Waals surface area contributed by atoms with Crippen LogP contribution >= 0.6 is 43.2 Å². The van der Waals surface area contributed by atoms with Crippen molar-refractivity contribution < 1.29 is 4.79 Å². The van der Waals surface area contributed by atoms with E-state index < -0.39 is 0 Å². The molecule has 1 aliphatic carbocycles. The van der Waals surface area contributed by atoms with E-state index in [2.05, 4.69) is 38.8 Å². The summed E-state index contributed by atoms with van der Waals surface area (Å²) in [7, 11) is 0. The highest BCUT2D eigenvalue weighted by molar-refractivity contribution is 9.13. The summed E-state index contributed by atoms with van der Waals surface area (Å²) < 4.78 is 2.00. The van der Waals surface area contributed by atoms with Gasteiger partial charge in [0.15, 0.2) is 5.78 Å². The number of halogens is 2. The number of ketones is 1. The molecule has 1 nitrogen and oxygen atoms in total. The highest BCUT2D eigenvalue weighted by atomic mass is 79.9. The van der Waals surface area contributed by atoms with E-state index in [1.54, 1.807) is 11.3 Å². The first-order valence-electron chi connectivity index (χ1n) is 5.59. The summed E-state index contributed by atoms with van der Waals surface area (Å²) in [6.45, 7) is 2.14. The Morgan fingerprint density at radius 2 is 2.06 bits per heavy atom. The van der Waals surface area contributed by atoms with Gasteiger partial charge in [-0.3, -0.25) is 4.79 Å². The minimum atomic E-state index is -0.0657. The third kappa shape index (κ3) is 2.16. The molecular weight excluding hydrogens is 352 g/mol. The normalized spacial score (nSPS) is 18.9. The third-order valence-electron chi connectivity index (χ3n) is 3.59. The number of carbonyl (C=O) groups is 1.